The Bertz CT molecular complexity index is 303. The van der Waals surface area contributed by atoms with E-state index in [0.29, 0.717) is 0 Å². The Kier molecular flexibility index (Phi) is 3.08. The van der Waals surface area contributed by atoms with Gasteiger partial charge >= 0.3 is 6.47 Å². The fourth-order valence-corrected chi connectivity index (χ4v) is 0.835. The van der Waals surface area contributed by atoms with Crippen molar-refractivity contribution in [1.29, 1.82) is 0 Å². The summed E-state index contributed by atoms with van der Waals surface area (Å²) in [7, 11) is 1.35. The molecule has 0 saturated heterocycles. The molecule has 0 aliphatic carbocycles. The number of nitrogens with one attached hydrogen (secondary N) is 1. The zero-order valence-corrected chi connectivity index (χ0v) is 6.91. The second kappa shape index (κ2) is 4.30. The molecule has 0 radical (unpaired) electrons. The van der Waals surface area contributed by atoms with Gasteiger partial charge in [0, 0.05) is 0 Å². The Hall–Kier alpha value is -1.78. The third kappa shape index (κ3) is 2.08. The van der Waals surface area contributed by atoms with Crippen LogP contribution in [-0.2, 0) is 9.63 Å². The van der Waals surface area contributed by atoms with Crippen molar-refractivity contribution >= 4 is 12.2 Å². The van der Waals surface area contributed by atoms with Crippen molar-refractivity contribution in [2.75, 3.05) is 12.6 Å². The molecular weight excluding hydrogens is 177 g/mol. The third-order valence-electron chi connectivity index (χ3n) is 1.40. The van der Waals surface area contributed by atoms with Crippen molar-refractivity contribution in [2.24, 2.45) is 0 Å². The second-order valence-electron chi connectivity index (χ2n) is 2.14. The van der Waals surface area contributed by atoms with Crippen LogP contribution in [0, 0.1) is 5.82 Å². The van der Waals surface area contributed by atoms with Gasteiger partial charge in [-0.15, -0.1) is 0 Å². The summed E-state index contributed by atoms with van der Waals surface area (Å²) in [6.07, 6.45) is 0. The molecule has 0 atom stereocenters. The van der Waals surface area contributed by atoms with Gasteiger partial charge in [0.05, 0.1) is 7.11 Å². The molecule has 70 valence electrons. The SMILES string of the molecule is COc1cccc(NOC=O)c1F. The molecule has 0 aliphatic rings. The number of anilines is 1. The van der Waals surface area contributed by atoms with E-state index in [1.54, 1.807) is 6.07 Å². The Balaban J connectivity index is 2.87. The van der Waals surface area contributed by atoms with E-state index in [9.17, 15) is 9.18 Å². The maximum atomic E-state index is 13.2. The molecule has 1 aromatic carbocycles. The average Bonchev–Trinajstić information content (AvgIpc) is 2.16. The summed E-state index contributed by atoms with van der Waals surface area (Å²) in [5.41, 5.74) is 2.16. The van der Waals surface area contributed by atoms with Gasteiger partial charge < -0.3 is 9.57 Å². The van der Waals surface area contributed by atoms with Crippen LogP contribution in [0.25, 0.3) is 0 Å². The number of hydrogen-bond donors (Lipinski definition) is 1. The van der Waals surface area contributed by atoms with Crippen LogP contribution in [0.4, 0.5) is 10.1 Å². The molecule has 0 heterocycles. The Morgan fingerprint density at radius 1 is 1.54 bits per heavy atom. The summed E-state index contributed by atoms with van der Waals surface area (Å²) >= 11 is 0. The van der Waals surface area contributed by atoms with Gasteiger partial charge in [0.2, 0.25) is 0 Å². The lowest BCUT2D eigenvalue weighted by atomic mass is 10.3. The Labute approximate surface area is 74.2 Å². The maximum Gasteiger partial charge on any atom is 0.320 e. The van der Waals surface area contributed by atoms with Crippen LogP contribution in [0.1, 0.15) is 0 Å². The topological polar surface area (TPSA) is 47.6 Å². The van der Waals surface area contributed by atoms with Crippen molar-refractivity contribution in [3.05, 3.63) is 24.0 Å². The molecule has 0 spiro atoms. The maximum absolute atomic E-state index is 13.2. The van der Waals surface area contributed by atoms with Crippen LogP contribution in [0.5, 0.6) is 5.75 Å². The highest BCUT2D eigenvalue weighted by Crippen LogP contribution is 2.23. The van der Waals surface area contributed by atoms with Gasteiger partial charge in [0.1, 0.15) is 5.69 Å². The standard InChI is InChI=1S/C8H8FNO3/c1-12-7-4-2-3-6(8(7)9)10-13-5-11/h2-5,10H,1H3. The minimum atomic E-state index is -0.605. The lowest BCUT2D eigenvalue weighted by Gasteiger charge is -2.06. The smallest absolute Gasteiger partial charge is 0.320 e. The number of carbonyl (C=O) groups is 1. The molecule has 1 rings (SSSR count). The van der Waals surface area contributed by atoms with E-state index in [-0.39, 0.29) is 17.9 Å². The molecule has 0 unspecified atom stereocenters. The van der Waals surface area contributed by atoms with E-state index < -0.39 is 5.82 Å². The van der Waals surface area contributed by atoms with Gasteiger partial charge in [-0.1, -0.05) is 6.07 Å². The Morgan fingerprint density at radius 3 is 2.92 bits per heavy atom. The van der Waals surface area contributed by atoms with Crippen molar-refractivity contribution in [3.8, 4) is 5.75 Å². The zero-order valence-electron chi connectivity index (χ0n) is 6.91. The number of ether oxygens (including phenoxy) is 1. The average molecular weight is 185 g/mol. The molecule has 0 aromatic heterocycles. The second-order valence-corrected chi connectivity index (χ2v) is 2.14. The fourth-order valence-electron chi connectivity index (χ4n) is 0.835. The first-order valence-corrected chi connectivity index (χ1v) is 3.47. The van der Waals surface area contributed by atoms with Crippen molar-refractivity contribution in [3.63, 3.8) is 0 Å². The molecule has 5 heteroatoms. The van der Waals surface area contributed by atoms with Crippen LogP contribution in [-0.4, -0.2) is 13.6 Å². The lowest BCUT2D eigenvalue weighted by Crippen LogP contribution is -2.01. The van der Waals surface area contributed by atoms with E-state index >= 15 is 0 Å². The van der Waals surface area contributed by atoms with E-state index in [1.807, 2.05) is 0 Å². The molecular formula is C8H8FNO3. The van der Waals surface area contributed by atoms with Crippen LogP contribution in [0.2, 0.25) is 0 Å². The van der Waals surface area contributed by atoms with Crippen LogP contribution in [0.15, 0.2) is 18.2 Å². The van der Waals surface area contributed by atoms with Crippen LogP contribution in [0.3, 0.4) is 0 Å². The number of benzene rings is 1. The minimum Gasteiger partial charge on any atom is -0.494 e. The first-order valence-electron chi connectivity index (χ1n) is 3.47. The number of carbonyl (C=O) groups excluding carboxylic acids is 1. The van der Waals surface area contributed by atoms with Gasteiger partial charge in [-0.05, 0) is 12.1 Å². The highest BCUT2D eigenvalue weighted by atomic mass is 19.1. The van der Waals surface area contributed by atoms with Crippen LogP contribution < -0.4 is 10.2 Å². The number of rotatable bonds is 4. The van der Waals surface area contributed by atoms with Gasteiger partial charge in [-0.3, -0.25) is 4.79 Å². The van der Waals surface area contributed by atoms with Crippen molar-refractivity contribution in [2.45, 2.75) is 0 Å². The van der Waals surface area contributed by atoms with Crippen molar-refractivity contribution in [1.82, 2.24) is 0 Å². The van der Waals surface area contributed by atoms with Gasteiger partial charge in [0.25, 0.3) is 0 Å². The molecule has 0 aliphatic heterocycles. The molecule has 0 saturated carbocycles. The first-order chi connectivity index (χ1) is 6.29. The number of halogens is 1. The minimum absolute atomic E-state index is 0.0476. The fraction of sp³-hybridized carbons (Fsp3) is 0.125. The highest BCUT2D eigenvalue weighted by Gasteiger charge is 2.07. The molecule has 0 bridgehead atoms. The first kappa shape index (κ1) is 9.31. The van der Waals surface area contributed by atoms with Crippen LogP contribution >= 0.6 is 0 Å². The molecule has 1 N–H and O–H groups in total. The van der Waals surface area contributed by atoms with E-state index in [0.717, 1.165) is 0 Å². The lowest BCUT2D eigenvalue weighted by molar-refractivity contribution is -0.126. The van der Waals surface area contributed by atoms with Gasteiger partial charge in [-0.25, -0.2) is 9.87 Å². The molecule has 13 heavy (non-hydrogen) atoms. The summed E-state index contributed by atoms with van der Waals surface area (Å²) in [5.74, 6) is -0.522. The van der Waals surface area contributed by atoms with E-state index in [2.05, 4.69) is 10.3 Å². The third-order valence-corrected chi connectivity index (χ3v) is 1.40. The summed E-state index contributed by atoms with van der Waals surface area (Å²) in [5, 5.41) is 0. The van der Waals surface area contributed by atoms with E-state index in [4.69, 9.17) is 4.74 Å². The van der Waals surface area contributed by atoms with Gasteiger partial charge in [-0.2, -0.15) is 0 Å². The molecule has 1 aromatic rings. The highest BCUT2D eigenvalue weighted by molar-refractivity contribution is 5.51. The predicted molar refractivity (Wildman–Crippen MR) is 43.7 cm³/mol. The zero-order chi connectivity index (χ0) is 9.68. The van der Waals surface area contributed by atoms with Crippen molar-refractivity contribution < 1.29 is 18.8 Å². The number of methoxy groups -OCH3 is 1. The molecule has 0 amide bonds. The Morgan fingerprint density at radius 2 is 2.31 bits per heavy atom. The molecule has 4 nitrogen and oxygen atoms in total. The number of hydrogen-bond acceptors (Lipinski definition) is 4. The van der Waals surface area contributed by atoms with E-state index in [1.165, 1.54) is 19.2 Å². The largest absolute Gasteiger partial charge is 0.494 e. The normalized spacial score (nSPS) is 9.08. The quantitative estimate of drug-likeness (QED) is 0.568. The predicted octanol–water partition coefficient (Wildman–Crippen LogP) is 1.33. The summed E-state index contributed by atoms with van der Waals surface area (Å²) in [4.78, 5) is 14.0. The summed E-state index contributed by atoms with van der Waals surface area (Å²) < 4.78 is 17.9. The molecule has 0 fully saturated rings. The van der Waals surface area contributed by atoms with Gasteiger partial charge in [0.15, 0.2) is 11.6 Å². The summed E-state index contributed by atoms with van der Waals surface area (Å²) in [6.45, 7) is 0.166. The monoisotopic (exact) mass is 185 g/mol. The summed E-state index contributed by atoms with van der Waals surface area (Å²) in [6, 6.07) is 4.45.